The summed E-state index contributed by atoms with van der Waals surface area (Å²) >= 11 is 0. The van der Waals surface area contributed by atoms with Crippen LogP contribution in [0, 0.1) is 13.8 Å². The highest BCUT2D eigenvalue weighted by Gasteiger charge is 2.30. The van der Waals surface area contributed by atoms with Gasteiger partial charge in [0.15, 0.2) is 6.20 Å². The first-order valence-corrected chi connectivity index (χ1v) is 9.86. The fraction of sp³-hybridized carbons (Fsp3) is 0.154. The summed E-state index contributed by atoms with van der Waals surface area (Å²) < 4.78 is 29.0. The maximum atomic E-state index is 8.26. The third-order valence-corrected chi connectivity index (χ3v) is 6.16. The number of benzene rings is 3. The predicted molar refractivity (Wildman–Crippen MR) is 117 cm³/mol. The van der Waals surface area contributed by atoms with Crippen LogP contribution in [-0.4, -0.2) is 9.55 Å². The first-order chi connectivity index (χ1) is 15.3. The number of pyridine rings is 1. The minimum atomic E-state index is -2.21. The average Bonchev–Trinajstić information content (AvgIpc) is 3.29. The van der Waals surface area contributed by atoms with Gasteiger partial charge in [-0.25, -0.2) is 9.55 Å². The Morgan fingerprint density at radius 2 is 1.90 bits per heavy atom. The number of nitrogens with zero attached hydrogens (tertiary/aromatic N) is 3. The molecule has 0 saturated carbocycles. The van der Waals surface area contributed by atoms with Crippen LogP contribution in [0.3, 0.4) is 0 Å². The Balaban J connectivity index is 1.77. The zero-order valence-corrected chi connectivity index (χ0v) is 16.4. The highest BCUT2D eigenvalue weighted by atomic mass is 15.1. The van der Waals surface area contributed by atoms with Crippen molar-refractivity contribution in [1.29, 1.82) is 0 Å². The lowest BCUT2D eigenvalue weighted by Crippen LogP contribution is -2.31. The molecule has 0 amide bonds. The molecule has 3 heteroatoms. The second-order valence-corrected chi connectivity index (χ2v) is 7.81. The molecule has 29 heavy (non-hydrogen) atoms. The van der Waals surface area contributed by atoms with E-state index in [0.717, 1.165) is 55.7 Å². The normalized spacial score (nSPS) is 14.5. The van der Waals surface area contributed by atoms with Crippen LogP contribution in [0.15, 0.2) is 66.9 Å². The summed E-state index contributed by atoms with van der Waals surface area (Å²) in [5.41, 5.74) is 7.25. The first kappa shape index (κ1) is 13.7. The summed E-state index contributed by atoms with van der Waals surface area (Å²) in [7, 11) is 2.03. The number of aryl methyl sites for hydroxylation is 2. The van der Waals surface area contributed by atoms with Crippen molar-refractivity contribution in [3.05, 3.63) is 89.4 Å². The van der Waals surface area contributed by atoms with Gasteiger partial charge < -0.3 is 0 Å². The summed E-state index contributed by atoms with van der Waals surface area (Å²) in [6.07, 6.45) is 2.72. The zero-order valence-electron chi connectivity index (χ0n) is 19.4. The van der Waals surface area contributed by atoms with Gasteiger partial charge in [-0.15, -0.1) is 0 Å². The number of fused-ring (bicyclic) bond motifs is 6. The van der Waals surface area contributed by atoms with E-state index in [1.54, 1.807) is 0 Å². The van der Waals surface area contributed by atoms with Crippen molar-refractivity contribution in [2.24, 2.45) is 7.05 Å². The quantitative estimate of drug-likeness (QED) is 0.360. The molecule has 1 aliphatic rings. The van der Waals surface area contributed by atoms with Crippen LogP contribution in [-0.2, 0) is 13.5 Å². The zero-order chi connectivity index (χ0) is 22.2. The fourth-order valence-corrected chi connectivity index (χ4v) is 4.77. The van der Waals surface area contributed by atoms with E-state index in [1.807, 2.05) is 62.6 Å². The van der Waals surface area contributed by atoms with Crippen LogP contribution < -0.4 is 4.57 Å². The maximum absolute atomic E-state index is 8.26. The van der Waals surface area contributed by atoms with E-state index in [-0.39, 0.29) is 0 Å². The highest BCUT2D eigenvalue weighted by Crippen LogP contribution is 2.41. The Bertz CT molecular complexity index is 1560. The van der Waals surface area contributed by atoms with Crippen LogP contribution >= 0.6 is 0 Å². The Hall–Kier alpha value is -3.46. The number of para-hydroxylation sites is 2. The van der Waals surface area contributed by atoms with Gasteiger partial charge in [-0.05, 0) is 60.1 Å². The van der Waals surface area contributed by atoms with Crippen molar-refractivity contribution in [2.45, 2.75) is 20.2 Å². The molecule has 2 aromatic heterocycles. The van der Waals surface area contributed by atoms with Gasteiger partial charge in [-0.1, -0.05) is 30.3 Å². The lowest BCUT2D eigenvalue weighted by molar-refractivity contribution is -0.659. The molecule has 1 aliphatic heterocycles. The molecule has 3 heterocycles. The van der Waals surface area contributed by atoms with E-state index >= 15 is 0 Å². The standard InChI is InChI=1S/C26H22N3/c1-16-14-23-20(15-24-27-21-10-6-7-11-22(21)29(23)24)25(17(16)2)26-19-9-5-4-8-18(19)12-13-28(26)3/h4-14H,15H2,1-3H3/q+1/i1D3. The highest BCUT2D eigenvalue weighted by molar-refractivity contribution is 5.96. The van der Waals surface area contributed by atoms with Gasteiger partial charge >= 0.3 is 0 Å². The molecular formula is C26H22N3+. The van der Waals surface area contributed by atoms with Gasteiger partial charge in [0.05, 0.1) is 27.7 Å². The summed E-state index contributed by atoms with van der Waals surface area (Å²) in [6.45, 7) is -0.269. The molecule has 0 fully saturated rings. The van der Waals surface area contributed by atoms with E-state index in [2.05, 4.69) is 27.3 Å². The van der Waals surface area contributed by atoms with Gasteiger partial charge in [0.1, 0.15) is 12.9 Å². The molecule has 0 aliphatic carbocycles. The Morgan fingerprint density at radius 1 is 1.07 bits per heavy atom. The summed E-state index contributed by atoms with van der Waals surface area (Å²) in [4.78, 5) is 4.86. The molecule has 0 radical (unpaired) electrons. The van der Waals surface area contributed by atoms with Crippen molar-refractivity contribution in [3.8, 4) is 16.9 Å². The summed E-state index contributed by atoms with van der Waals surface area (Å²) in [6, 6.07) is 20.3. The molecule has 0 bridgehead atoms. The van der Waals surface area contributed by atoms with E-state index in [1.165, 1.54) is 0 Å². The van der Waals surface area contributed by atoms with Crippen molar-refractivity contribution >= 4 is 21.8 Å². The van der Waals surface area contributed by atoms with Gasteiger partial charge in [0.25, 0.3) is 0 Å². The Morgan fingerprint density at radius 3 is 2.79 bits per heavy atom. The van der Waals surface area contributed by atoms with Crippen LogP contribution in [0.5, 0.6) is 0 Å². The Labute approximate surface area is 174 Å². The second-order valence-electron chi connectivity index (χ2n) is 7.81. The molecule has 140 valence electrons. The molecule has 5 aromatic rings. The van der Waals surface area contributed by atoms with Crippen molar-refractivity contribution in [1.82, 2.24) is 9.55 Å². The topological polar surface area (TPSA) is 21.7 Å². The summed E-state index contributed by atoms with van der Waals surface area (Å²) in [5, 5.41) is 2.24. The Kier molecular flexibility index (Phi) is 2.72. The largest absolute Gasteiger partial charge is 0.296 e. The van der Waals surface area contributed by atoms with E-state index in [9.17, 15) is 0 Å². The molecule has 0 atom stereocenters. The third kappa shape index (κ3) is 2.18. The second kappa shape index (κ2) is 5.77. The maximum Gasteiger partial charge on any atom is 0.220 e. The number of hydrogen-bond donors (Lipinski definition) is 0. The minimum absolute atomic E-state index is 0.393. The number of rotatable bonds is 1. The van der Waals surface area contributed by atoms with Gasteiger partial charge in [-0.3, -0.25) is 4.57 Å². The van der Waals surface area contributed by atoms with Gasteiger partial charge in [0.2, 0.25) is 5.69 Å². The molecule has 0 N–H and O–H groups in total. The first-order valence-electron chi connectivity index (χ1n) is 11.4. The van der Waals surface area contributed by atoms with E-state index < -0.39 is 6.85 Å². The van der Waals surface area contributed by atoms with Crippen LogP contribution in [0.2, 0.25) is 0 Å². The van der Waals surface area contributed by atoms with E-state index in [4.69, 9.17) is 9.10 Å². The SMILES string of the molecule is [2H]C([2H])([2H])c1cc2c(c(-c3c4ccccc4cc[n+]3C)c1C)Cc1nc3ccccc3n1-2. The van der Waals surface area contributed by atoms with Crippen LogP contribution in [0.4, 0.5) is 0 Å². The van der Waals surface area contributed by atoms with Crippen LogP contribution in [0.1, 0.15) is 26.6 Å². The molecule has 0 unspecified atom stereocenters. The van der Waals surface area contributed by atoms with Crippen molar-refractivity contribution in [3.63, 3.8) is 0 Å². The van der Waals surface area contributed by atoms with Crippen molar-refractivity contribution in [2.75, 3.05) is 0 Å². The van der Waals surface area contributed by atoms with E-state index in [0.29, 0.717) is 12.0 Å². The summed E-state index contributed by atoms with van der Waals surface area (Å²) in [5.74, 6) is 0.951. The van der Waals surface area contributed by atoms with Gasteiger partial charge in [-0.2, -0.15) is 0 Å². The molecule has 0 saturated heterocycles. The van der Waals surface area contributed by atoms with Crippen molar-refractivity contribution < 1.29 is 8.68 Å². The predicted octanol–water partition coefficient (Wildman–Crippen LogP) is 5.19. The average molecular weight is 380 g/mol. The molecule has 3 nitrogen and oxygen atoms in total. The smallest absolute Gasteiger partial charge is 0.220 e. The minimum Gasteiger partial charge on any atom is -0.296 e. The molecule has 3 aromatic carbocycles. The lowest BCUT2D eigenvalue weighted by Gasteiger charge is -2.15. The van der Waals surface area contributed by atoms with Crippen LogP contribution in [0.25, 0.3) is 38.8 Å². The lowest BCUT2D eigenvalue weighted by atomic mass is 9.90. The number of imidazole rings is 1. The fourth-order valence-electron chi connectivity index (χ4n) is 4.77. The monoisotopic (exact) mass is 379 g/mol. The van der Waals surface area contributed by atoms with Gasteiger partial charge in [0, 0.05) is 16.6 Å². The number of aromatic nitrogens is 3. The number of hydrogen-bond acceptors (Lipinski definition) is 1. The molecule has 6 rings (SSSR count). The molecule has 0 spiro atoms. The molecular weight excluding hydrogens is 354 g/mol. The third-order valence-electron chi connectivity index (χ3n) is 6.16.